The first kappa shape index (κ1) is 12.9. The van der Waals surface area contributed by atoms with Crippen molar-refractivity contribution in [3.8, 4) is 0 Å². The molecular weight excluding hydrogens is 232 g/mol. The van der Waals surface area contributed by atoms with Gasteiger partial charge >= 0.3 is 0 Å². The van der Waals surface area contributed by atoms with E-state index >= 15 is 0 Å². The molecule has 0 aliphatic heterocycles. The number of hydrogen-bond donors (Lipinski definition) is 0. The Morgan fingerprint density at radius 1 is 1.18 bits per heavy atom. The quantitative estimate of drug-likeness (QED) is 0.565. The lowest BCUT2D eigenvalue weighted by Crippen LogP contribution is -2.13. The van der Waals surface area contributed by atoms with Crippen molar-refractivity contribution >= 4 is 11.8 Å². The molecule has 0 spiro atoms. The summed E-state index contributed by atoms with van der Waals surface area (Å²) in [5.74, 6) is 2.21. The summed E-state index contributed by atoms with van der Waals surface area (Å²) >= 11 is 1.96. The second kappa shape index (κ2) is 6.43. The van der Waals surface area contributed by atoms with E-state index < -0.39 is 0 Å². The van der Waals surface area contributed by atoms with Crippen LogP contribution < -0.4 is 0 Å². The summed E-state index contributed by atoms with van der Waals surface area (Å²) in [4.78, 5) is 1.34. The van der Waals surface area contributed by atoms with Crippen molar-refractivity contribution in [1.29, 1.82) is 0 Å². The smallest absolute Gasteiger partial charge is 0.183 e. The Morgan fingerprint density at radius 3 is 2.29 bits per heavy atom. The highest BCUT2D eigenvalue weighted by Crippen LogP contribution is 2.32. The molecule has 1 aliphatic rings. The van der Waals surface area contributed by atoms with E-state index in [9.17, 15) is 0 Å². The van der Waals surface area contributed by atoms with Gasteiger partial charge in [-0.3, -0.25) is 0 Å². The van der Waals surface area contributed by atoms with Crippen LogP contribution in [0.5, 0.6) is 0 Å². The molecule has 17 heavy (non-hydrogen) atoms. The van der Waals surface area contributed by atoms with Gasteiger partial charge in [-0.15, -0.1) is 11.8 Å². The van der Waals surface area contributed by atoms with Crippen molar-refractivity contribution in [2.75, 3.05) is 20.0 Å². The van der Waals surface area contributed by atoms with Gasteiger partial charge in [0.05, 0.1) is 0 Å². The molecule has 1 saturated carbocycles. The van der Waals surface area contributed by atoms with Gasteiger partial charge in [-0.05, 0) is 30.9 Å². The van der Waals surface area contributed by atoms with Crippen LogP contribution in [0.4, 0.5) is 0 Å². The molecule has 0 atom stereocenters. The van der Waals surface area contributed by atoms with Crippen molar-refractivity contribution in [2.45, 2.75) is 30.4 Å². The zero-order valence-electron chi connectivity index (χ0n) is 10.5. The largest absolute Gasteiger partial charge is 0.352 e. The molecule has 0 saturated heterocycles. The summed E-state index contributed by atoms with van der Waals surface area (Å²) in [5.41, 5.74) is 1.07. The topological polar surface area (TPSA) is 18.5 Å². The molecular formula is C14H20O2S. The zero-order chi connectivity index (χ0) is 12.1. The standard InChI is InChI=1S/C14H20O2S/c1-15-14(16-2)12-6-8-13(9-7-12)17-10-11-4-3-5-11/h6-9,11,14H,3-5,10H2,1-2H3. The Hall–Kier alpha value is -0.510. The van der Waals surface area contributed by atoms with Crippen LogP contribution in [-0.4, -0.2) is 20.0 Å². The zero-order valence-corrected chi connectivity index (χ0v) is 11.3. The minimum absolute atomic E-state index is 0.249. The lowest BCUT2D eigenvalue weighted by Gasteiger charge is -2.24. The Balaban J connectivity index is 1.87. The van der Waals surface area contributed by atoms with Crippen LogP contribution in [0.2, 0.25) is 0 Å². The minimum atomic E-state index is -0.249. The van der Waals surface area contributed by atoms with Gasteiger partial charge in [0.25, 0.3) is 0 Å². The molecule has 0 bridgehead atoms. The highest BCUT2D eigenvalue weighted by Gasteiger charge is 2.17. The van der Waals surface area contributed by atoms with Gasteiger partial charge in [0.15, 0.2) is 6.29 Å². The van der Waals surface area contributed by atoms with E-state index in [0.29, 0.717) is 0 Å². The predicted octanol–water partition coefficient (Wildman–Crippen LogP) is 3.87. The van der Waals surface area contributed by atoms with Crippen LogP contribution in [0.15, 0.2) is 29.2 Å². The molecule has 1 aromatic rings. The van der Waals surface area contributed by atoms with Crippen molar-refractivity contribution < 1.29 is 9.47 Å². The first-order valence-electron chi connectivity index (χ1n) is 6.12. The van der Waals surface area contributed by atoms with Gasteiger partial charge in [0.2, 0.25) is 0 Å². The van der Waals surface area contributed by atoms with Crippen LogP contribution in [-0.2, 0) is 9.47 Å². The normalized spacial score (nSPS) is 16.2. The fourth-order valence-corrected chi connectivity index (χ4v) is 3.05. The van der Waals surface area contributed by atoms with E-state index in [4.69, 9.17) is 9.47 Å². The second-order valence-corrected chi connectivity index (χ2v) is 5.57. The molecule has 0 amide bonds. The van der Waals surface area contributed by atoms with Gasteiger partial charge < -0.3 is 9.47 Å². The Morgan fingerprint density at radius 2 is 1.82 bits per heavy atom. The molecule has 0 aromatic heterocycles. The van der Waals surface area contributed by atoms with E-state index in [1.165, 1.54) is 29.9 Å². The summed E-state index contributed by atoms with van der Waals surface area (Å²) in [6.45, 7) is 0. The monoisotopic (exact) mass is 252 g/mol. The fourth-order valence-electron chi connectivity index (χ4n) is 1.96. The Kier molecular flexibility index (Phi) is 4.89. The summed E-state index contributed by atoms with van der Waals surface area (Å²) in [6, 6.07) is 8.48. The lowest BCUT2D eigenvalue weighted by atomic mass is 9.87. The number of thioether (sulfide) groups is 1. The van der Waals surface area contributed by atoms with Crippen LogP contribution in [0.1, 0.15) is 31.1 Å². The third-order valence-corrected chi connectivity index (χ3v) is 4.53. The lowest BCUT2D eigenvalue weighted by molar-refractivity contribution is -0.106. The maximum Gasteiger partial charge on any atom is 0.183 e. The number of hydrogen-bond acceptors (Lipinski definition) is 3. The molecule has 1 fully saturated rings. The first-order valence-corrected chi connectivity index (χ1v) is 7.10. The molecule has 1 aromatic carbocycles. The van der Waals surface area contributed by atoms with E-state index in [2.05, 4.69) is 24.3 Å². The molecule has 0 heterocycles. The maximum absolute atomic E-state index is 5.22. The molecule has 0 radical (unpaired) electrons. The number of methoxy groups -OCH3 is 2. The maximum atomic E-state index is 5.22. The van der Waals surface area contributed by atoms with Crippen LogP contribution in [0.3, 0.4) is 0 Å². The van der Waals surface area contributed by atoms with Crippen molar-refractivity contribution in [2.24, 2.45) is 5.92 Å². The Labute approximate surface area is 108 Å². The minimum Gasteiger partial charge on any atom is -0.352 e. The van der Waals surface area contributed by atoms with Crippen molar-refractivity contribution in [3.63, 3.8) is 0 Å². The summed E-state index contributed by atoms with van der Waals surface area (Å²) in [6.07, 6.45) is 4.01. The average Bonchev–Trinajstić information content (AvgIpc) is 2.30. The van der Waals surface area contributed by atoms with E-state index in [1.54, 1.807) is 14.2 Å². The van der Waals surface area contributed by atoms with Crippen molar-refractivity contribution in [1.82, 2.24) is 0 Å². The van der Waals surface area contributed by atoms with Gasteiger partial charge in [-0.1, -0.05) is 18.6 Å². The number of benzene rings is 1. The molecule has 1 aliphatic carbocycles. The van der Waals surface area contributed by atoms with Gasteiger partial charge in [-0.2, -0.15) is 0 Å². The molecule has 94 valence electrons. The van der Waals surface area contributed by atoms with E-state index in [-0.39, 0.29) is 6.29 Å². The number of rotatable bonds is 6. The van der Waals surface area contributed by atoms with Gasteiger partial charge in [0, 0.05) is 30.4 Å². The second-order valence-electron chi connectivity index (χ2n) is 4.48. The predicted molar refractivity (Wildman–Crippen MR) is 71.3 cm³/mol. The molecule has 0 unspecified atom stereocenters. The SMILES string of the molecule is COC(OC)c1ccc(SCC2CCC2)cc1. The average molecular weight is 252 g/mol. The third-order valence-electron chi connectivity index (χ3n) is 3.29. The molecule has 0 N–H and O–H groups in total. The molecule has 3 heteroatoms. The summed E-state index contributed by atoms with van der Waals surface area (Å²) in [5, 5.41) is 0. The summed E-state index contributed by atoms with van der Waals surface area (Å²) in [7, 11) is 3.32. The van der Waals surface area contributed by atoms with Crippen LogP contribution in [0, 0.1) is 5.92 Å². The summed E-state index contributed by atoms with van der Waals surface area (Å²) < 4.78 is 10.4. The van der Waals surface area contributed by atoms with Gasteiger partial charge in [0.1, 0.15) is 0 Å². The van der Waals surface area contributed by atoms with E-state index in [1.807, 2.05) is 11.8 Å². The first-order chi connectivity index (χ1) is 8.33. The van der Waals surface area contributed by atoms with Crippen molar-refractivity contribution in [3.05, 3.63) is 29.8 Å². The van der Waals surface area contributed by atoms with Gasteiger partial charge in [-0.25, -0.2) is 0 Å². The van der Waals surface area contributed by atoms with Crippen LogP contribution in [0.25, 0.3) is 0 Å². The van der Waals surface area contributed by atoms with Crippen LogP contribution >= 0.6 is 11.8 Å². The highest BCUT2D eigenvalue weighted by atomic mass is 32.2. The molecule has 2 nitrogen and oxygen atoms in total. The number of ether oxygens (including phenoxy) is 2. The van der Waals surface area contributed by atoms with E-state index in [0.717, 1.165) is 11.5 Å². The highest BCUT2D eigenvalue weighted by molar-refractivity contribution is 7.99. The molecule has 2 rings (SSSR count). The Bertz CT molecular complexity index is 329. The fraction of sp³-hybridized carbons (Fsp3) is 0.571. The third kappa shape index (κ3) is 3.47.